The van der Waals surface area contributed by atoms with E-state index in [1.807, 2.05) is 0 Å². The minimum absolute atomic E-state index is 0.240. The van der Waals surface area contributed by atoms with E-state index in [0.29, 0.717) is 24.3 Å². The zero-order valence-electron chi connectivity index (χ0n) is 15.1. The third-order valence-corrected chi connectivity index (χ3v) is 4.10. The summed E-state index contributed by atoms with van der Waals surface area (Å²) in [6.07, 6.45) is -2.54. The molecule has 2 aromatic carbocycles. The highest BCUT2D eigenvalue weighted by atomic mass is 19.4. The van der Waals surface area contributed by atoms with E-state index >= 15 is 0 Å². The van der Waals surface area contributed by atoms with Gasteiger partial charge in [0.05, 0.1) is 11.1 Å². The standard InChI is InChI=1S/C21H17F4N3O/c22-17-7-4-14(5-8-17)10-11-26-20(29)15-6-9-19(27-13-15)28-18-3-1-2-16(12-18)21(23,24)25/h1-9,12-13H,10-11H2,(H,26,29)(H,27,28). The topological polar surface area (TPSA) is 54.0 Å². The zero-order valence-corrected chi connectivity index (χ0v) is 15.1. The van der Waals surface area contributed by atoms with Gasteiger partial charge in [0.15, 0.2) is 0 Å². The first-order valence-corrected chi connectivity index (χ1v) is 8.74. The highest BCUT2D eigenvalue weighted by Crippen LogP contribution is 2.31. The van der Waals surface area contributed by atoms with Gasteiger partial charge in [-0.25, -0.2) is 9.37 Å². The van der Waals surface area contributed by atoms with E-state index in [2.05, 4.69) is 15.6 Å². The predicted molar refractivity (Wildman–Crippen MR) is 101 cm³/mol. The van der Waals surface area contributed by atoms with E-state index < -0.39 is 11.7 Å². The van der Waals surface area contributed by atoms with Crippen LogP contribution < -0.4 is 10.6 Å². The van der Waals surface area contributed by atoms with Gasteiger partial charge >= 0.3 is 6.18 Å². The highest BCUT2D eigenvalue weighted by Gasteiger charge is 2.30. The molecule has 0 spiro atoms. The minimum Gasteiger partial charge on any atom is -0.352 e. The van der Waals surface area contributed by atoms with E-state index in [1.54, 1.807) is 12.1 Å². The number of carbonyl (C=O) groups excluding carboxylic acids is 1. The summed E-state index contributed by atoms with van der Waals surface area (Å²) in [5.41, 5.74) is 0.688. The van der Waals surface area contributed by atoms with Crippen LogP contribution in [0.4, 0.5) is 29.1 Å². The number of amides is 1. The van der Waals surface area contributed by atoms with Crippen LogP contribution in [0.1, 0.15) is 21.5 Å². The lowest BCUT2D eigenvalue weighted by molar-refractivity contribution is -0.137. The predicted octanol–water partition coefficient (Wildman–Crippen LogP) is 4.96. The average Bonchev–Trinajstić information content (AvgIpc) is 2.69. The van der Waals surface area contributed by atoms with Crippen LogP contribution in [-0.4, -0.2) is 17.4 Å². The van der Waals surface area contributed by atoms with Crippen LogP contribution in [0.5, 0.6) is 0 Å². The molecule has 3 rings (SSSR count). The largest absolute Gasteiger partial charge is 0.416 e. The van der Waals surface area contributed by atoms with Gasteiger partial charge < -0.3 is 10.6 Å². The van der Waals surface area contributed by atoms with Crippen molar-refractivity contribution in [3.63, 3.8) is 0 Å². The number of nitrogens with one attached hydrogen (secondary N) is 2. The summed E-state index contributed by atoms with van der Waals surface area (Å²) in [5, 5.41) is 5.52. The van der Waals surface area contributed by atoms with Crippen molar-refractivity contribution in [1.29, 1.82) is 0 Å². The maximum absolute atomic E-state index is 12.9. The van der Waals surface area contributed by atoms with E-state index in [1.165, 1.54) is 42.6 Å². The molecule has 0 aliphatic heterocycles. The molecule has 150 valence electrons. The lowest BCUT2D eigenvalue weighted by atomic mass is 10.1. The Morgan fingerprint density at radius 3 is 2.41 bits per heavy atom. The number of pyridine rings is 1. The van der Waals surface area contributed by atoms with Gasteiger partial charge in [0.1, 0.15) is 11.6 Å². The van der Waals surface area contributed by atoms with Gasteiger partial charge in [-0.2, -0.15) is 13.2 Å². The number of benzene rings is 2. The number of hydrogen-bond acceptors (Lipinski definition) is 3. The van der Waals surface area contributed by atoms with Crippen LogP contribution in [0.3, 0.4) is 0 Å². The molecule has 0 aliphatic carbocycles. The van der Waals surface area contributed by atoms with Crippen molar-refractivity contribution in [1.82, 2.24) is 10.3 Å². The highest BCUT2D eigenvalue weighted by molar-refractivity contribution is 5.94. The molecule has 0 saturated carbocycles. The number of anilines is 2. The Kier molecular flexibility index (Phi) is 6.11. The van der Waals surface area contributed by atoms with Crippen molar-refractivity contribution in [3.8, 4) is 0 Å². The monoisotopic (exact) mass is 403 g/mol. The Labute approximate surface area is 164 Å². The first kappa shape index (κ1) is 20.3. The summed E-state index contributed by atoms with van der Waals surface area (Å²) in [4.78, 5) is 16.2. The Hall–Kier alpha value is -3.42. The SMILES string of the molecule is O=C(NCCc1ccc(F)cc1)c1ccc(Nc2cccc(C(F)(F)F)c2)nc1. The van der Waals surface area contributed by atoms with Gasteiger partial charge in [-0.05, 0) is 54.4 Å². The minimum atomic E-state index is -4.43. The van der Waals surface area contributed by atoms with Crippen molar-refractivity contribution in [2.24, 2.45) is 0 Å². The van der Waals surface area contributed by atoms with Crippen molar-refractivity contribution < 1.29 is 22.4 Å². The molecule has 0 unspecified atom stereocenters. The molecule has 0 saturated heterocycles. The normalized spacial score (nSPS) is 11.2. The van der Waals surface area contributed by atoms with Gasteiger partial charge in [0.25, 0.3) is 5.91 Å². The van der Waals surface area contributed by atoms with E-state index in [0.717, 1.165) is 17.7 Å². The number of alkyl halides is 3. The molecule has 1 heterocycles. The zero-order chi connectivity index (χ0) is 20.9. The summed E-state index contributed by atoms with van der Waals surface area (Å²) in [5.74, 6) is -0.333. The maximum Gasteiger partial charge on any atom is 0.416 e. The van der Waals surface area contributed by atoms with Crippen molar-refractivity contribution >= 4 is 17.4 Å². The second-order valence-electron chi connectivity index (χ2n) is 6.27. The average molecular weight is 403 g/mol. The quantitative estimate of drug-likeness (QED) is 0.573. The number of nitrogens with zero attached hydrogens (tertiary/aromatic N) is 1. The van der Waals surface area contributed by atoms with Crippen molar-refractivity contribution in [3.05, 3.63) is 89.4 Å². The Balaban J connectivity index is 1.55. The molecule has 1 amide bonds. The number of hydrogen-bond donors (Lipinski definition) is 2. The summed E-state index contributed by atoms with van der Waals surface area (Å²) >= 11 is 0. The number of aromatic nitrogens is 1. The molecule has 0 radical (unpaired) electrons. The van der Waals surface area contributed by atoms with Crippen molar-refractivity contribution in [2.45, 2.75) is 12.6 Å². The van der Waals surface area contributed by atoms with Crippen LogP contribution >= 0.6 is 0 Å². The van der Waals surface area contributed by atoms with Gasteiger partial charge in [-0.1, -0.05) is 18.2 Å². The number of carbonyl (C=O) groups is 1. The number of halogens is 4. The maximum atomic E-state index is 12.9. The van der Waals surface area contributed by atoms with Crippen molar-refractivity contribution in [2.75, 3.05) is 11.9 Å². The van der Waals surface area contributed by atoms with E-state index in [4.69, 9.17) is 0 Å². The lowest BCUT2D eigenvalue weighted by Crippen LogP contribution is -2.25. The van der Waals surface area contributed by atoms with Crippen LogP contribution in [0.2, 0.25) is 0 Å². The molecular weight excluding hydrogens is 386 g/mol. The Morgan fingerprint density at radius 2 is 1.76 bits per heavy atom. The van der Waals surface area contributed by atoms with Crippen LogP contribution in [0, 0.1) is 5.82 Å². The first-order chi connectivity index (χ1) is 13.8. The van der Waals surface area contributed by atoms with Gasteiger partial charge in [0.2, 0.25) is 0 Å². The van der Waals surface area contributed by atoms with Crippen LogP contribution in [0.25, 0.3) is 0 Å². The fraction of sp³-hybridized carbons (Fsp3) is 0.143. The second kappa shape index (κ2) is 8.72. The molecule has 0 atom stereocenters. The molecule has 4 nitrogen and oxygen atoms in total. The summed E-state index contributed by atoms with van der Waals surface area (Å²) < 4.78 is 51.2. The fourth-order valence-electron chi connectivity index (χ4n) is 2.60. The molecule has 3 aromatic rings. The molecular formula is C21H17F4N3O. The third-order valence-electron chi connectivity index (χ3n) is 4.10. The number of rotatable bonds is 6. The van der Waals surface area contributed by atoms with Crippen LogP contribution in [-0.2, 0) is 12.6 Å². The van der Waals surface area contributed by atoms with E-state index in [-0.39, 0.29) is 17.4 Å². The van der Waals surface area contributed by atoms with E-state index in [9.17, 15) is 22.4 Å². The van der Waals surface area contributed by atoms with Gasteiger partial charge in [0, 0.05) is 18.4 Å². The van der Waals surface area contributed by atoms with Crippen LogP contribution in [0.15, 0.2) is 66.9 Å². The molecule has 2 N–H and O–H groups in total. The fourth-order valence-corrected chi connectivity index (χ4v) is 2.60. The van der Waals surface area contributed by atoms with Gasteiger partial charge in [-0.15, -0.1) is 0 Å². The smallest absolute Gasteiger partial charge is 0.352 e. The molecule has 1 aromatic heterocycles. The molecule has 8 heteroatoms. The second-order valence-corrected chi connectivity index (χ2v) is 6.27. The summed E-state index contributed by atoms with van der Waals surface area (Å²) in [7, 11) is 0. The van der Waals surface area contributed by atoms with Gasteiger partial charge in [-0.3, -0.25) is 4.79 Å². The first-order valence-electron chi connectivity index (χ1n) is 8.74. The Morgan fingerprint density at radius 1 is 1.00 bits per heavy atom. The third kappa shape index (κ3) is 5.78. The molecule has 0 bridgehead atoms. The lowest BCUT2D eigenvalue weighted by Gasteiger charge is -2.10. The molecule has 0 aliphatic rings. The Bertz CT molecular complexity index is 970. The summed E-state index contributed by atoms with van der Waals surface area (Å²) in [6.45, 7) is 0.370. The molecule has 29 heavy (non-hydrogen) atoms. The summed E-state index contributed by atoms with van der Waals surface area (Å²) in [6, 6.07) is 13.8. The molecule has 0 fully saturated rings.